The van der Waals surface area contributed by atoms with E-state index in [9.17, 15) is 14.4 Å². The summed E-state index contributed by atoms with van der Waals surface area (Å²) in [5.41, 5.74) is 3.50. The van der Waals surface area contributed by atoms with Gasteiger partial charge >= 0.3 is 6.09 Å². The van der Waals surface area contributed by atoms with Crippen molar-refractivity contribution in [3.05, 3.63) is 75.7 Å². The van der Waals surface area contributed by atoms with E-state index in [2.05, 4.69) is 17.2 Å². The molecule has 0 aliphatic carbocycles. The summed E-state index contributed by atoms with van der Waals surface area (Å²) in [6, 6.07) is 14.6. The van der Waals surface area contributed by atoms with Crippen LogP contribution in [0.1, 0.15) is 68.1 Å². The Morgan fingerprint density at radius 1 is 1.11 bits per heavy atom. The lowest BCUT2D eigenvalue weighted by atomic mass is 9.93. The standard InChI is InChI=1S/C29H33N5O4/c1-5-18-9-11-20(12-10-18)27(36)30-21-7-6-8-22-25(21)26-31-24(35)17-23(34(26)32-22)19-13-15-33(16-14-19)28(37)38-29(2,3)4/h6-12,17,19H,5,13-16H2,1-4H3,(H,30,36)(H,31,35). The molecule has 2 aromatic heterocycles. The number of nitrogens with zero attached hydrogens (tertiary/aromatic N) is 3. The maximum Gasteiger partial charge on any atom is 0.410 e. The van der Waals surface area contributed by atoms with Gasteiger partial charge in [-0.1, -0.05) is 25.1 Å². The molecule has 0 atom stereocenters. The van der Waals surface area contributed by atoms with Gasteiger partial charge in [-0.15, -0.1) is 0 Å². The zero-order chi connectivity index (χ0) is 27.0. The minimum atomic E-state index is -0.548. The quantitative estimate of drug-likeness (QED) is 0.393. The van der Waals surface area contributed by atoms with Crippen molar-refractivity contribution in [2.45, 2.75) is 58.5 Å². The predicted molar refractivity (Wildman–Crippen MR) is 147 cm³/mol. The van der Waals surface area contributed by atoms with Crippen molar-refractivity contribution in [1.29, 1.82) is 0 Å². The Bertz CT molecular complexity index is 1550. The number of amides is 2. The Morgan fingerprint density at radius 2 is 1.82 bits per heavy atom. The zero-order valence-electron chi connectivity index (χ0n) is 22.2. The Labute approximate surface area is 220 Å². The van der Waals surface area contributed by atoms with E-state index < -0.39 is 5.60 Å². The monoisotopic (exact) mass is 515 g/mol. The summed E-state index contributed by atoms with van der Waals surface area (Å²) in [6.07, 6.45) is 1.96. The number of aromatic nitrogens is 3. The lowest BCUT2D eigenvalue weighted by molar-refractivity contribution is 0.0203. The first-order valence-corrected chi connectivity index (χ1v) is 13.1. The number of aryl methyl sites for hydroxylation is 1. The molecule has 38 heavy (non-hydrogen) atoms. The number of rotatable bonds is 4. The first-order chi connectivity index (χ1) is 18.1. The number of carbonyl (C=O) groups is 2. The second kappa shape index (κ2) is 9.96. The summed E-state index contributed by atoms with van der Waals surface area (Å²) in [6.45, 7) is 8.70. The minimum Gasteiger partial charge on any atom is -0.444 e. The van der Waals surface area contributed by atoms with E-state index >= 15 is 0 Å². The molecular formula is C29H33N5O4. The van der Waals surface area contributed by atoms with Gasteiger partial charge in [-0.2, -0.15) is 5.10 Å². The van der Waals surface area contributed by atoms with Crippen molar-refractivity contribution < 1.29 is 14.3 Å². The molecule has 0 radical (unpaired) electrons. The summed E-state index contributed by atoms with van der Waals surface area (Å²) < 4.78 is 7.28. The predicted octanol–water partition coefficient (Wildman–Crippen LogP) is 5.11. The fourth-order valence-electron chi connectivity index (χ4n) is 4.95. The van der Waals surface area contributed by atoms with Gasteiger partial charge in [0.25, 0.3) is 11.5 Å². The van der Waals surface area contributed by atoms with Gasteiger partial charge in [0, 0.05) is 30.6 Å². The number of hydrogen-bond donors (Lipinski definition) is 2. The van der Waals surface area contributed by atoms with Crippen LogP contribution in [-0.2, 0) is 11.2 Å². The molecule has 1 saturated heterocycles. The fourth-order valence-corrected chi connectivity index (χ4v) is 4.95. The molecule has 0 spiro atoms. The average molecular weight is 516 g/mol. The topological polar surface area (TPSA) is 109 Å². The summed E-state index contributed by atoms with van der Waals surface area (Å²) >= 11 is 0. The second-order valence-electron chi connectivity index (χ2n) is 10.8. The molecule has 0 bridgehead atoms. The highest BCUT2D eigenvalue weighted by atomic mass is 16.6. The molecule has 1 fully saturated rings. The number of hydrogen-bond acceptors (Lipinski definition) is 5. The number of ether oxygens (including phenoxy) is 1. The number of likely N-dealkylation sites (tertiary alicyclic amines) is 1. The van der Waals surface area contributed by atoms with E-state index in [1.807, 2.05) is 63.2 Å². The van der Waals surface area contributed by atoms with Crippen LogP contribution < -0.4 is 10.9 Å². The van der Waals surface area contributed by atoms with E-state index in [0.717, 1.165) is 17.7 Å². The highest BCUT2D eigenvalue weighted by Crippen LogP contribution is 2.32. The van der Waals surface area contributed by atoms with Gasteiger partial charge in [0.05, 0.1) is 22.3 Å². The smallest absolute Gasteiger partial charge is 0.410 e. The number of carbonyl (C=O) groups excluding carboxylic acids is 2. The van der Waals surface area contributed by atoms with Crippen LogP contribution in [0.25, 0.3) is 16.6 Å². The van der Waals surface area contributed by atoms with E-state index in [0.29, 0.717) is 53.7 Å². The van der Waals surface area contributed by atoms with Crippen LogP contribution in [0.4, 0.5) is 10.5 Å². The molecular weight excluding hydrogens is 482 g/mol. The molecule has 0 unspecified atom stereocenters. The first-order valence-electron chi connectivity index (χ1n) is 13.1. The lowest BCUT2D eigenvalue weighted by Crippen LogP contribution is -2.41. The lowest BCUT2D eigenvalue weighted by Gasteiger charge is -2.33. The fraction of sp³-hybridized carbons (Fsp3) is 0.379. The Hall–Kier alpha value is -4.14. The molecule has 9 heteroatoms. The van der Waals surface area contributed by atoms with Gasteiger partial charge in [0.2, 0.25) is 0 Å². The van der Waals surface area contributed by atoms with Crippen molar-refractivity contribution in [3.63, 3.8) is 0 Å². The Balaban J connectivity index is 1.44. The van der Waals surface area contributed by atoms with E-state index in [1.54, 1.807) is 15.5 Å². The van der Waals surface area contributed by atoms with Gasteiger partial charge in [-0.3, -0.25) is 9.59 Å². The third-order valence-electron chi connectivity index (χ3n) is 6.90. The summed E-state index contributed by atoms with van der Waals surface area (Å²) in [7, 11) is 0. The van der Waals surface area contributed by atoms with Gasteiger partial charge in [-0.05, 0) is 69.9 Å². The van der Waals surface area contributed by atoms with Crippen molar-refractivity contribution in [2.75, 3.05) is 18.4 Å². The van der Waals surface area contributed by atoms with Crippen LogP contribution in [0.3, 0.4) is 0 Å². The van der Waals surface area contributed by atoms with Crippen LogP contribution in [0, 0.1) is 0 Å². The SMILES string of the molecule is CCc1ccc(C(=O)Nc2cccc3nn4c(C5CCN(C(=O)OC(C)(C)C)CC5)cc(=O)[nH]c4c23)cc1. The van der Waals surface area contributed by atoms with Crippen LogP contribution in [0.5, 0.6) is 0 Å². The molecule has 0 saturated carbocycles. The Kier molecular flexibility index (Phi) is 6.69. The molecule has 2 aromatic carbocycles. The molecule has 1 aliphatic rings. The maximum atomic E-state index is 13.0. The highest BCUT2D eigenvalue weighted by Gasteiger charge is 2.29. The van der Waals surface area contributed by atoms with Gasteiger partial charge in [-0.25, -0.2) is 9.31 Å². The molecule has 2 amide bonds. The zero-order valence-corrected chi connectivity index (χ0v) is 22.2. The van der Waals surface area contributed by atoms with Gasteiger partial charge in [0.1, 0.15) is 11.2 Å². The first kappa shape index (κ1) is 25.5. The third-order valence-corrected chi connectivity index (χ3v) is 6.90. The van der Waals surface area contributed by atoms with Crippen LogP contribution >= 0.6 is 0 Å². The van der Waals surface area contributed by atoms with Crippen LogP contribution in [0.2, 0.25) is 0 Å². The second-order valence-corrected chi connectivity index (χ2v) is 10.8. The van der Waals surface area contributed by atoms with Crippen molar-refractivity contribution in [1.82, 2.24) is 19.5 Å². The largest absolute Gasteiger partial charge is 0.444 e. The summed E-state index contributed by atoms with van der Waals surface area (Å²) in [5, 5.41) is 8.46. The van der Waals surface area contributed by atoms with Crippen LogP contribution in [0.15, 0.2) is 53.3 Å². The molecule has 9 nitrogen and oxygen atoms in total. The van der Waals surface area contributed by atoms with Crippen LogP contribution in [-0.4, -0.2) is 50.2 Å². The molecule has 3 heterocycles. The normalized spacial score (nSPS) is 14.7. The minimum absolute atomic E-state index is 0.0444. The molecule has 5 rings (SSSR count). The number of piperidine rings is 1. The molecule has 198 valence electrons. The maximum absolute atomic E-state index is 13.0. The Morgan fingerprint density at radius 3 is 2.47 bits per heavy atom. The number of H-pyrrole nitrogens is 1. The summed E-state index contributed by atoms with van der Waals surface area (Å²) in [5.74, 6) is -0.185. The van der Waals surface area contributed by atoms with Gasteiger partial charge < -0.3 is 19.9 Å². The molecule has 4 aromatic rings. The molecule has 1 aliphatic heterocycles. The number of aromatic amines is 1. The number of nitrogens with one attached hydrogen (secondary N) is 2. The van der Waals surface area contributed by atoms with Crippen molar-refractivity contribution in [3.8, 4) is 0 Å². The number of benzene rings is 2. The average Bonchev–Trinajstić information content (AvgIpc) is 3.26. The van der Waals surface area contributed by atoms with Crippen molar-refractivity contribution in [2.24, 2.45) is 0 Å². The van der Waals surface area contributed by atoms with E-state index in [-0.39, 0.29) is 23.5 Å². The van der Waals surface area contributed by atoms with E-state index in [4.69, 9.17) is 9.84 Å². The molecule has 2 N–H and O–H groups in total. The summed E-state index contributed by atoms with van der Waals surface area (Å²) in [4.78, 5) is 42.9. The van der Waals surface area contributed by atoms with E-state index in [1.165, 1.54) is 0 Å². The highest BCUT2D eigenvalue weighted by molar-refractivity contribution is 6.11. The van der Waals surface area contributed by atoms with Gasteiger partial charge in [0.15, 0.2) is 0 Å². The van der Waals surface area contributed by atoms with Crippen molar-refractivity contribution >= 4 is 34.2 Å². The number of fused-ring (bicyclic) bond motifs is 3. The third kappa shape index (κ3) is 5.14. The number of anilines is 1.